The first-order chi connectivity index (χ1) is 8.93. The Hall–Kier alpha value is -2.48. The highest BCUT2D eigenvalue weighted by molar-refractivity contribution is 5.75. The molecule has 0 fully saturated rings. The molecule has 0 bridgehead atoms. The molecule has 5 heteroatoms. The summed E-state index contributed by atoms with van der Waals surface area (Å²) >= 11 is 0. The van der Waals surface area contributed by atoms with E-state index in [9.17, 15) is 13.2 Å². The number of alkyl halides is 3. The van der Waals surface area contributed by atoms with Crippen LogP contribution in [-0.4, -0.2) is 0 Å². The summed E-state index contributed by atoms with van der Waals surface area (Å²) in [6, 6.07) is 11.3. The van der Waals surface area contributed by atoms with Crippen LogP contribution >= 0.6 is 0 Å². The molecule has 0 aliphatic heterocycles. The van der Waals surface area contributed by atoms with E-state index in [1.807, 2.05) is 6.07 Å². The summed E-state index contributed by atoms with van der Waals surface area (Å²) in [7, 11) is 0. The molecule has 0 radical (unpaired) electrons. The van der Waals surface area contributed by atoms with E-state index in [2.05, 4.69) is 0 Å². The minimum absolute atomic E-state index is 0.0217. The molecule has 2 N–H and O–H groups in total. The van der Waals surface area contributed by atoms with Crippen molar-refractivity contribution in [2.24, 2.45) is 0 Å². The highest BCUT2D eigenvalue weighted by Gasteiger charge is 2.33. The van der Waals surface area contributed by atoms with Crippen molar-refractivity contribution in [1.82, 2.24) is 0 Å². The molecule has 0 atom stereocenters. The Morgan fingerprint density at radius 2 is 1.68 bits per heavy atom. The maximum absolute atomic E-state index is 12.9. The van der Waals surface area contributed by atoms with Crippen LogP contribution in [0.25, 0.3) is 11.1 Å². The summed E-state index contributed by atoms with van der Waals surface area (Å²) < 4.78 is 38.8. The average molecular weight is 262 g/mol. The third kappa shape index (κ3) is 2.52. The van der Waals surface area contributed by atoms with E-state index in [0.29, 0.717) is 5.69 Å². The molecule has 0 aliphatic carbocycles. The van der Waals surface area contributed by atoms with Gasteiger partial charge in [0.1, 0.15) is 0 Å². The number of nitriles is 1. The lowest BCUT2D eigenvalue weighted by Gasteiger charge is -2.13. The fourth-order valence-electron chi connectivity index (χ4n) is 1.85. The van der Waals surface area contributed by atoms with Crippen LogP contribution in [0.15, 0.2) is 42.5 Å². The van der Waals surface area contributed by atoms with E-state index in [1.54, 1.807) is 0 Å². The number of rotatable bonds is 1. The second-order valence-electron chi connectivity index (χ2n) is 3.96. The van der Waals surface area contributed by atoms with Crippen LogP contribution in [0, 0.1) is 11.3 Å². The van der Waals surface area contributed by atoms with Crippen molar-refractivity contribution in [1.29, 1.82) is 5.26 Å². The topological polar surface area (TPSA) is 49.8 Å². The summed E-state index contributed by atoms with van der Waals surface area (Å²) in [6.07, 6.45) is -4.47. The number of hydrogen-bond acceptors (Lipinski definition) is 2. The maximum atomic E-state index is 12.9. The van der Waals surface area contributed by atoms with E-state index >= 15 is 0 Å². The first-order valence-corrected chi connectivity index (χ1v) is 5.39. The Kier molecular flexibility index (Phi) is 3.17. The van der Waals surface area contributed by atoms with Crippen molar-refractivity contribution in [3.63, 3.8) is 0 Å². The second-order valence-corrected chi connectivity index (χ2v) is 3.96. The smallest absolute Gasteiger partial charge is 0.399 e. The van der Waals surface area contributed by atoms with Crippen molar-refractivity contribution in [3.8, 4) is 17.2 Å². The third-order valence-corrected chi connectivity index (χ3v) is 2.69. The third-order valence-electron chi connectivity index (χ3n) is 2.69. The van der Waals surface area contributed by atoms with Gasteiger partial charge in [-0.3, -0.25) is 0 Å². The van der Waals surface area contributed by atoms with Gasteiger partial charge in [0.05, 0.1) is 17.2 Å². The monoisotopic (exact) mass is 262 g/mol. The minimum Gasteiger partial charge on any atom is -0.399 e. The van der Waals surface area contributed by atoms with Gasteiger partial charge in [-0.25, -0.2) is 0 Å². The molecule has 2 aromatic carbocycles. The Morgan fingerprint density at radius 1 is 1.00 bits per heavy atom. The first-order valence-electron chi connectivity index (χ1n) is 5.39. The number of nitrogens with two attached hydrogens (primary N) is 1. The van der Waals surface area contributed by atoms with Crippen molar-refractivity contribution in [2.75, 3.05) is 5.73 Å². The Bertz CT molecular complexity index is 654. The predicted octanol–water partition coefficient (Wildman–Crippen LogP) is 3.83. The minimum atomic E-state index is -4.47. The van der Waals surface area contributed by atoms with Crippen LogP contribution in [0.1, 0.15) is 11.1 Å². The van der Waals surface area contributed by atoms with Crippen molar-refractivity contribution in [3.05, 3.63) is 53.6 Å². The molecule has 0 saturated carbocycles. The predicted molar refractivity (Wildman–Crippen MR) is 66.0 cm³/mol. The van der Waals surface area contributed by atoms with Crippen molar-refractivity contribution in [2.45, 2.75) is 6.18 Å². The van der Waals surface area contributed by atoms with Gasteiger partial charge in [-0.05, 0) is 23.8 Å². The van der Waals surface area contributed by atoms with Gasteiger partial charge < -0.3 is 5.73 Å². The summed E-state index contributed by atoms with van der Waals surface area (Å²) in [5.74, 6) is 0. The summed E-state index contributed by atoms with van der Waals surface area (Å²) in [6.45, 7) is 0. The lowest BCUT2D eigenvalue weighted by atomic mass is 9.95. The molecule has 19 heavy (non-hydrogen) atoms. The quantitative estimate of drug-likeness (QED) is 0.794. The van der Waals surface area contributed by atoms with Crippen LogP contribution < -0.4 is 5.73 Å². The van der Waals surface area contributed by atoms with Crippen LogP contribution in [0.5, 0.6) is 0 Å². The molecule has 0 aliphatic rings. The second kappa shape index (κ2) is 4.65. The molecule has 2 rings (SSSR count). The van der Waals surface area contributed by atoms with Gasteiger partial charge in [0.15, 0.2) is 0 Å². The van der Waals surface area contributed by atoms with Crippen molar-refractivity contribution < 1.29 is 13.2 Å². The zero-order valence-corrected chi connectivity index (χ0v) is 9.70. The van der Waals surface area contributed by atoms with E-state index in [4.69, 9.17) is 11.0 Å². The van der Waals surface area contributed by atoms with Gasteiger partial charge in [0.25, 0.3) is 0 Å². The summed E-state index contributed by atoms with van der Waals surface area (Å²) in [5, 5.41) is 9.01. The molecule has 2 aromatic rings. The highest BCUT2D eigenvalue weighted by Crippen LogP contribution is 2.38. The van der Waals surface area contributed by atoms with Crippen LogP contribution in [0.4, 0.5) is 18.9 Å². The number of benzene rings is 2. The highest BCUT2D eigenvalue weighted by atomic mass is 19.4. The number of anilines is 1. The number of hydrogen-bond donors (Lipinski definition) is 1. The van der Waals surface area contributed by atoms with Crippen LogP contribution in [-0.2, 0) is 6.18 Å². The summed E-state index contributed by atoms with van der Waals surface area (Å²) in [5.41, 5.74) is 5.43. The SMILES string of the molecule is N#Cc1cc(N)ccc1-c1ccccc1C(F)(F)F. The van der Waals surface area contributed by atoms with Gasteiger partial charge in [-0.2, -0.15) is 18.4 Å². The van der Waals surface area contributed by atoms with Crippen molar-refractivity contribution >= 4 is 5.69 Å². The molecular weight excluding hydrogens is 253 g/mol. The summed E-state index contributed by atoms with van der Waals surface area (Å²) in [4.78, 5) is 0. The van der Waals surface area contributed by atoms with E-state index < -0.39 is 11.7 Å². The Balaban J connectivity index is 2.71. The molecule has 96 valence electrons. The van der Waals surface area contributed by atoms with Gasteiger partial charge in [0, 0.05) is 11.3 Å². The Labute approximate surface area is 107 Å². The molecule has 0 heterocycles. The molecule has 0 spiro atoms. The van der Waals surface area contributed by atoms with Gasteiger partial charge >= 0.3 is 6.18 Å². The van der Waals surface area contributed by atoms with E-state index in [1.165, 1.54) is 36.4 Å². The lowest BCUT2D eigenvalue weighted by Crippen LogP contribution is -2.07. The van der Waals surface area contributed by atoms with Crippen LogP contribution in [0.2, 0.25) is 0 Å². The zero-order valence-electron chi connectivity index (χ0n) is 9.70. The van der Waals surface area contributed by atoms with Gasteiger partial charge in [-0.1, -0.05) is 24.3 Å². The molecule has 2 nitrogen and oxygen atoms in total. The number of halogens is 3. The first kappa shape index (κ1) is 13.0. The molecule has 0 amide bonds. The Morgan fingerprint density at radius 3 is 2.32 bits per heavy atom. The molecule has 0 unspecified atom stereocenters. The average Bonchev–Trinajstić information content (AvgIpc) is 2.37. The van der Waals surface area contributed by atoms with Gasteiger partial charge in [-0.15, -0.1) is 0 Å². The van der Waals surface area contributed by atoms with E-state index in [-0.39, 0.29) is 16.7 Å². The van der Waals surface area contributed by atoms with Crippen LogP contribution in [0.3, 0.4) is 0 Å². The fraction of sp³-hybridized carbons (Fsp3) is 0.0714. The molecular formula is C14H9F3N2. The largest absolute Gasteiger partial charge is 0.417 e. The number of nitrogens with zero attached hydrogens (tertiary/aromatic N) is 1. The fourth-order valence-corrected chi connectivity index (χ4v) is 1.85. The van der Waals surface area contributed by atoms with Gasteiger partial charge in [0.2, 0.25) is 0 Å². The van der Waals surface area contributed by atoms with E-state index in [0.717, 1.165) is 6.07 Å². The molecule has 0 aromatic heterocycles. The standard InChI is InChI=1S/C14H9F3N2/c15-14(16,17)13-4-2-1-3-12(13)11-6-5-10(19)7-9(11)8-18/h1-7H,19H2. The molecule has 0 saturated heterocycles. The lowest BCUT2D eigenvalue weighted by molar-refractivity contribution is -0.137. The maximum Gasteiger partial charge on any atom is 0.417 e. The number of nitrogen functional groups attached to an aromatic ring is 1. The normalized spacial score (nSPS) is 11.1. The zero-order chi connectivity index (χ0) is 14.0.